The topological polar surface area (TPSA) is 34.1 Å². The summed E-state index contributed by atoms with van der Waals surface area (Å²) in [6, 6.07) is 4.10. The van der Waals surface area contributed by atoms with Crippen molar-refractivity contribution in [2.24, 2.45) is 5.41 Å². The van der Waals surface area contributed by atoms with Crippen LogP contribution in [0.25, 0.3) is 0 Å². The van der Waals surface area contributed by atoms with Crippen molar-refractivity contribution in [3.63, 3.8) is 0 Å². The number of aromatic nitrogens is 1. The Balaban J connectivity index is 2.96. The molecule has 0 saturated carbocycles. The molecule has 0 amide bonds. The number of pyridine rings is 1. The molecular formula is C13H24N2OSi. The molecule has 17 heavy (non-hydrogen) atoms. The number of hydrogen-bond donors (Lipinski definition) is 1. The molecule has 0 bridgehead atoms. The highest BCUT2D eigenvalue weighted by Crippen LogP contribution is 2.35. The smallest absolute Gasteiger partial charge is 0.171 e. The average Bonchev–Trinajstić information content (AvgIpc) is 2.24. The van der Waals surface area contributed by atoms with E-state index in [2.05, 4.69) is 50.2 Å². The first kappa shape index (κ1) is 14.2. The summed E-state index contributed by atoms with van der Waals surface area (Å²) >= 11 is 0. The summed E-state index contributed by atoms with van der Waals surface area (Å²) in [5.41, 5.74) is 2.13. The summed E-state index contributed by atoms with van der Waals surface area (Å²) in [6.45, 7) is 11.0. The Morgan fingerprint density at radius 2 is 1.94 bits per heavy atom. The molecule has 0 aliphatic carbocycles. The van der Waals surface area contributed by atoms with Gasteiger partial charge in [-0.3, -0.25) is 4.98 Å². The third-order valence-corrected chi connectivity index (χ3v) is 3.35. The quantitative estimate of drug-likeness (QED) is 0.836. The molecule has 1 heterocycles. The molecule has 96 valence electrons. The van der Waals surface area contributed by atoms with Gasteiger partial charge in [0, 0.05) is 7.05 Å². The monoisotopic (exact) mass is 252 g/mol. The SMILES string of the molecule is CNc1ccc(C(O[SiH](C)C)C(C)(C)C)nc1. The van der Waals surface area contributed by atoms with Crippen LogP contribution in [-0.4, -0.2) is 21.1 Å². The van der Waals surface area contributed by atoms with Crippen molar-refractivity contribution in [2.75, 3.05) is 12.4 Å². The van der Waals surface area contributed by atoms with Gasteiger partial charge in [0.1, 0.15) is 0 Å². The molecule has 4 heteroatoms. The highest BCUT2D eigenvalue weighted by molar-refractivity contribution is 6.48. The summed E-state index contributed by atoms with van der Waals surface area (Å²) < 4.78 is 6.13. The number of rotatable bonds is 4. The van der Waals surface area contributed by atoms with E-state index in [1.54, 1.807) is 0 Å². The zero-order valence-electron chi connectivity index (χ0n) is 11.7. The molecule has 3 nitrogen and oxygen atoms in total. The fourth-order valence-corrected chi connectivity index (χ4v) is 2.79. The predicted molar refractivity (Wildman–Crippen MR) is 75.9 cm³/mol. The minimum absolute atomic E-state index is 0.0748. The third kappa shape index (κ3) is 4.13. The highest BCUT2D eigenvalue weighted by atomic mass is 28.3. The van der Waals surface area contributed by atoms with Crippen LogP contribution in [0, 0.1) is 5.41 Å². The molecule has 1 atom stereocenters. The molecule has 0 fully saturated rings. The molecule has 1 rings (SSSR count). The first-order valence-electron chi connectivity index (χ1n) is 6.13. The molecule has 0 aliphatic rings. The Bertz CT molecular complexity index is 343. The second-order valence-electron chi connectivity index (χ2n) is 5.65. The van der Waals surface area contributed by atoms with Crippen molar-refractivity contribution in [3.8, 4) is 0 Å². The molecule has 0 saturated heterocycles. The van der Waals surface area contributed by atoms with Gasteiger partial charge in [-0.25, -0.2) is 0 Å². The van der Waals surface area contributed by atoms with Crippen LogP contribution in [0.1, 0.15) is 32.6 Å². The van der Waals surface area contributed by atoms with Crippen LogP contribution in [0.4, 0.5) is 5.69 Å². The molecule has 1 unspecified atom stereocenters. The van der Waals surface area contributed by atoms with Crippen molar-refractivity contribution >= 4 is 14.7 Å². The summed E-state index contributed by atoms with van der Waals surface area (Å²) in [4.78, 5) is 4.50. The van der Waals surface area contributed by atoms with E-state index in [0.29, 0.717) is 0 Å². The molecular weight excluding hydrogens is 228 g/mol. The predicted octanol–water partition coefficient (Wildman–Crippen LogP) is 3.21. The second kappa shape index (κ2) is 5.64. The Hall–Kier alpha value is -0.873. The first-order chi connectivity index (χ1) is 7.84. The van der Waals surface area contributed by atoms with E-state index < -0.39 is 9.04 Å². The van der Waals surface area contributed by atoms with Crippen LogP contribution in [0.5, 0.6) is 0 Å². The fourth-order valence-electron chi connectivity index (χ4n) is 1.70. The average molecular weight is 252 g/mol. The molecule has 0 aliphatic heterocycles. The van der Waals surface area contributed by atoms with Gasteiger partial charge in [-0.1, -0.05) is 20.8 Å². The highest BCUT2D eigenvalue weighted by Gasteiger charge is 2.28. The molecule has 0 spiro atoms. The van der Waals surface area contributed by atoms with Crippen molar-refractivity contribution in [1.29, 1.82) is 0 Å². The maximum Gasteiger partial charge on any atom is 0.171 e. The third-order valence-electron chi connectivity index (χ3n) is 2.54. The fraction of sp³-hybridized carbons (Fsp3) is 0.615. The summed E-state index contributed by atoms with van der Waals surface area (Å²) in [6.07, 6.45) is 1.94. The van der Waals surface area contributed by atoms with Crippen LogP contribution in [-0.2, 0) is 4.43 Å². The van der Waals surface area contributed by atoms with Crippen molar-refractivity contribution < 1.29 is 4.43 Å². The Morgan fingerprint density at radius 3 is 2.29 bits per heavy atom. The normalized spacial score (nSPS) is 13.8. The van der Waals surface area contributed by atoms with Crippen molar-refractivity contribution in [3.05, 3.63) is 24.0 Å². The van der Waals surface area contributed by atoms with E-state index >= 15 is 0 Å². The van der Waals surface area contributed by atoms with Gasteiger partial charge in [0.2, 0.25) is 0 Å². The minimum Gasteiger partial charge on any atom is -0.412 e. The Morgan fingerprint density at radius 1 is 1.29 bits per heavy atom. The number of nitrogens with one attached hydrogen (secondary N) is 1. The minimum atomic E-state index is -1.07. The van der Waals surface area contributed by atoms with E-state index in [0.717, 1.165) is 11.4 Å². The van der Waals surface area contributed by atoms with Gasteiger partial charge in [0.15, 0.2) is 9.04 Å². The van der Waals surface area contributed by atoms with Gasteiger partial charge in [0.05, 0.1) is 23.7 Å². The van der Waals surface area contributed by atoms with Crippen molar-refractivity contribution in [2.45, 2.75) is 40.0 Å². The van der Waals surface area contributed by atoms with E-state index in [1.807, 2.05) is 19.3 Å². The first-order valence-corrected chi connectivity index (χ1v) is 8.92. The zero-order chi connectivity index (χ0) is 13.1. The van der Waals surface area contributed by atoms with Gasteiger partial charge in [0.25, 0.3) is 0 Å². The van der Waals surface area contributed by atoms with Crippen LogP contribution < -0.4 is 5.32 Å². The second-order valence-corrected chi connectivity index (χ2v) is 8.02. The molecule has 0 radical (unpaired) electrons. The summed E-state index contributed by atoms with van der Waals surface area (Å²) in [5, 5.41) is 3.08. The molecule has 1 aromatic rings. The lowest BCUT2D eigenvalue weighted by Gasteiger charge is -2.32. The van der Waals surface area contributed by atoms with Crippen LogP contribution in [0.2, 0.25) is 13.1 Å². The van der Waals surface area contributed by atoms with Crippen LogP contribution in [0.3, 0.4) is 0 Å². The number of anilines is 1. The summed E-state index contributed by atoms with van der Waals surface area (Å²) in [5.74, 6) is 0. The zero-order valence-corrected chi connectivity index (χ0v) is 12.9. The maximum absolute atomic E-state index is 6.13. The largest absolute Gasteiger partial charge is 0.412 e. The van der Waals surface area contributed by atoms with E-state index in [1.165, 1.54) is 0 Å². The van der Waals surface area contributed by atoms with Gasteiger partial charge < -0.3 is 9.74 Å². The van der Waals surface area contributed by atoms with E-state index in [4.69, 9.17) is 4.43 Å². The standard InChI is InChI=1S/C13H24N2OSi/c1-13(2,3)12(16-17(5)6)11-8-7-10(14-4)9-15-11/h7-9,12,14,17H,1-6H3. The van der Waals surface area contributed by atoms with Crippen LogP contribution >= 0.6 is 0 Å². The molecule has 1 N–H and O–H groups in total. The van der Waals surface area contributed by atoms with Gasteiger partial charge in [-0.05, 0) is 30.6 Å². The lowest BCUT2D eigenvalue weighted by atomic mass is 9.87. The van der Waals surface area contributed by atoms with Gasteiger partial charge in [-0.15, -0.1) is 0 Å². The van der Waals surface area contributed by atoms with Crippen molar-refractivity contribution in [1.82, 2.24) is 4.98 Å². The number of nitrogens with zero attached hydrogens (tertiary/aromatic N) is 1. The van der Waals surface area contributed by atoms with Gasteiger partial charge in [-0.2, -0.15) is 0 Å². The lowest BCUT2D eigenvalue weighted by molar-refractivity contribution is 0.0827. The van der Waals surface area contributed by atoms with Gasteiger partial charge >= 0.3 is 0 Å². The van der Waals surface area contributed by atoms with E-state index in [-0.39, 0.29) is 11.5 Å². The molecule has 1 aromatic heterocycles. The maximum atomic E-state index is 6.13. The number of hydrogen-bond acceptors (Lipinski definition) is 3. The Labute approximate surface area is 106 Å². The van der Waals surface area contributed by atoms with E-state index in [9.17, 15) is 0 Å². The summed E-state index contributed by atoms with van der Waals surface area (Å²) in [7, 11) is 0.825. The lowest BCUT2D eigenvalue weighted by Crippen LogP contribution is -2.26. The molecule has 0 aromatic carbocycles. The Kier molecular flexibility index (Phi) is 4.71. The van der Waals surface area contributed by atoms with Crippen LogP contribution in [0.15, 0.2) is 18.3 Å².